The van der Waals surface area contributed by atoms with Crippen LogP contribution in [0, 0.1) is 5.92 Å². The molecular formula is C8H16ClN3O2. The van der Waals surface area contributed by atoms with Crippen LogP contribution in [0.3, 0.4) is 0 Å². The summed E-state index contributed by atoms with van der Waals surface area (Å²) in [6.45, 7) is 3.14. The fourth-order valence-corrected chi connectivity index (χ4v) is 1.28. The second-order valence-electron chi connectivity index (χ2n) is 3.32. The van der Waals surface area contributed by atoms with E-state index >= 15 is 0 Å². The van der Waals surface area contributed by atoms with Crippen LogP contribution in [-0.2, 0) is 9.59 Å². The highest BCUT2D eigenvalue weighted by Crippen LogP contribution is 2.07. The van der Waals surface area contributed by atoms with Crippen molar-refractivity contribution in [1.82, 2.24) is 10.6 Å². The number of primary amides is 1. The van der Waals surface area contributed by atoms with Crippen LogP contribution >= 0.6 is 12.4 Å². The third-order valence-corrected chi connectivity index (χ3v) is 2.22. The van der Waals surface area contributed by atoms with Crippen molar-refractivity contribution >= 4 is 24.2 Å². The van der Waals surface area contributed by atoms with E-state index in [1.54, 1.807) is 6.92 Å². The zero-order valence-electron chi connectivity index (χ0n) is 8.08. The topological polar surface area (TPSA) is 84.2 Å². The largest absolute Gasteiger partial charge is 0.368 e. The van der Waals surface area contributed by atoms with E-state index in [4.69, 9.17) is 5.73 Å². The molecule has 0 aromatic carbocycles. The molecule has 0 bridgehead atoms. The van der Waals surface area contributed by atoms with Crippen LogP contribution in [-0.4, -0.2) is 30.9 Å². The molecule has 4 N–H and O–H groups in total. The quantitative estimate of drug-likeness (QED) is 0.572. The first-order chi connectivity index (χ1) is 6.11. The molecule has 0 aromatic heterocycles. The summed E-state index contributed by atoms with van der Waals surface area (Å²) in [5.41, 5.74) is 5.01. The molecule has 0 aliphatic carbocycles. The van der Waals surface area contributed by atoms with Gasteiger partial charge in [0, 0.05) is 6.54 Å². The van der Waals surface area contributed by atoms with Crippen molar-refractivity contribution in [1.29, 1.82) is 0 Å². The van der Waals surface area contributed by atoms with Gasteiger partial charge in [-0.1, -0.05) is 0 Å². The number of amides is 2. The maximum atomic E-state index is 11.4. The van der Waals surface area contributed by atoms with Crippen LogP contribution in [0.5, 0.6) is 0 Å². The highest BCUT2D eigenvalue weighted by atomic mass is 35.5. The molecule has 14 heavy (non-hydrogen) atoms. The smallest absolute Gasteiger partial charge is 0.239 e. The first-order valence-electron chi connectivity index (χ1n) is 4.41. The SMILES string of the molecule is C[C@H](NC(=O)[C@@H]1CCNC1)C(N)=O.Cl. The maximum Gasteiger partial charge on any atom is 0.239 e. The molecule has 5 nitrogen and oxygen atoms in total. The van der Waals surface area contributed by atoms with E-state index in [9.17, 15) is 9.59 Å². The zero-order chi connectivity index (χ0) is 9.84. The van der Waals surface area contributed by atoms with Crippen molar-refractivity contribution in [3.05, 3.63) is 0 Å². The summed E-state index contributed by atoms with van der Waals surface area (Å²) in [4.78, 5) is 22.0. The molecule has 2 amide bonds. The Morgan fingerprint density at radius 2 is 2.21 bits per heavy atom. The standard InChI is InChI=1S/C8H15N3O2.ClH/c1-5(7(9)12)11-8(13)6-2-3-10-4-6;/h5-6,10H,2-4H2,1H3,(H2,9,12)(H,11,13);1H/t5-,6+;/m0./s1. The first-order valence-corrected chi connectivity index (χ1v) is 4.41. The van der Waals surface area contributed by atoms with Gasteiger partial charge in [0.15, 0.2) is 0 Å². The number of carbonyl (C=O) groups excluding carboxylic acids is 2. The number of hydrogen-bond donors (Lipinski definition) is 3. The fourth-order valence-electron chi connectivity index (χ4n) is 1.28. The third kappa shape index (κ3) is 3.51. The van der Waals surface area contributed by atoms with E-state index < -0.39 is 11.9 Å². The highest BCUT2D eigenvalue weighted by Gasteiger charge is 2.24. The molecule has 1 saturated heterocycles. The van der Waals surface area contributed by atoms with Gasteiger partial charge in [-0.15, -0.1) is 12.4 Å². The van der Waals surface area contributed by atoms with Gasteiger partial charge in [0.25, 0.3) is 0 Å². The van der Waals surface area contributed by atoms with Crippen LogP contribution < -0.4 is 16.4 Å². The normalized spacial score (nSPS) is 22.2. The average molecular weight is 222 g/mol. The minimum absolute atomic E-state index is 0. The maximum absolute atomic E-state index is 11.4. The van der Waals surface area contributed by atoms with E-state index in [-0.39, 0.29) is 24.2 Å². The first kappa shape index (κ1) is 13.2. The number of halogens is 1. The van der Waals surface area contributed by atoms with Crippen LogP contribution in [0.25, 0.3) is 0 Å². The summed E-state index contributed by atoms with van der Waals surface area (Å²) in [7, 11) is 0. The predicted octanol–water partition coefficient (Wildman–Crippen LogP) is -0.992. The fraction of sp³-hybridized carbons (Fsp3) is 0.750. The Kier molecular flexibility index (Phi) is 5.49. The summed E-state index contributed by atoms with van der Waals surface area (Å²) in [6.07, 6.45) is 0.831. The van der Waals surface area contributed by atoms with E-state index in [2.05, 4.69) is 10.6 Å². The lowest BCUT2D eigenvalue weighted by molar-refractivity contribution is -0.129. The van der Waals surface area contributed by atoms with Gasteiger partial charge in [0.2, 0.25) is 11.8 Å². The van der Waals surface area contributed by atoms with E-state index in [0.29, 0.717) is 6.54 Å². The van der Waals surface area contributed by atoms with Crippen LogP contribution in [0.1, 0.15) is 13.3 Å². The minimum Gasteiger partial charge on any atom is -0.368 e. The monoisotopic (exact) mass is 221 g/mol. The zero-order valence-corrected chi connectivity index (χ0v) is 8.89. The van der Waals surface area contributed by atoms with Crippen molar-refractivity contribution in [2.24, 2.45) is 11.7 Å². The molecule has 1 aliphatic heterocycles. The molecule has 0 radical (unpaired) electrons. The molecule has 1 aliphatic rings. The third-order valence-electron chi connectivity index (χ3n) is 2.22. The van der Waals surface area contributed by atoms with Gasteiger partial charge in [0.1, 0.15) is 6.04 Å². The van der Waals surface area contributed by atoms with E-state index in [0.717, 1.165) is 13.0 Å². The van der Waals surface area contributed by atoms with Crippen molar-refractivity contribution in [3.63, 3.8) is 0 Å². The lowest BCUT2D eigenvalue weighted by Gasteiger charge is -2.13. The van der Waals surface area contributed by atoms with Crippen molar-refractivity contribution in [2.45, 2.75) is 19.4 Å². The number of nitrogens with two attached hydrogens (primary N) is 1. The average Bonchev–Trinajstić information content (AvgIpc) is 2.55. The summed E-state index contributed by atoms with van der Waals surface area (Å²) in [5.74, 6) is -0.600. The number of nitrogens with one attached hydrogen (secondary N) is 2. The summed E-state index contributed by atoms with van der Waals surface area (Å²) >= 11 is 0. The Balaban J connectivity index is 0.00000169. The summed E-state index contributed by atoms with van der Waals surface area (Å²) in [5, 5.41) is 5.65. The second kappa shape index (κ2) is 5.82. The van der Waals surface area contributed by atoms with E-state index in [1.165, 1.54) is 0 Å². The Morgan fingerprint density at radius 3 is 2.64 bits per heavy atom. The van der Waals surface area contributed by atoms with Crippen LogP contribution in [0.15, 0.2) is 0 Å². The van der Waals surface area contributed by atoms with Crippen molar-refractivity contribution < 1.29 is 9.59 Å². The molecule has 1 fully saturated rings. The lowest BCUT2D eigenvalue weighted by Crippen LogP contribution is -2.45. The molecule has 1 heterocycles. The predicted molar refractivity (Wildman–Crippen MR) is 55.0 cm³/mol. The van der Waals surface area contributed by atoms with Gasteiger partial charge in [-0.3, -0.25) is 9.59 Å². The molecule has 2 atom stereocenters. The molecule has 82 valence electrons. The molecule has 0 spiro atoms. The Bertz CT molecular complexity index is 217. The number of hydrogen-bond acceptors (Lipinski definition) is 3. The van der Waals surface area contributed by atoms with E-state index in [1.807, 2.05) is 0 Å². The van der Waals surface area contributed by atoms with Gasteiger partial charge in [-0.2, -0.15) is 0 Å². The van der Waals surface area contributed by atoms with Gasteiger partial charge < -0.3 is 16.4 Å². The summed E-state index contributed by atoms with van der Waals surface area (Å²) < 4.78 is 0. The Morgan fingerprint density at radius 1 is 1.57 bits per heavy atom. The van der Waals surface area contributed by atoms with Gasteiger partial charge >= 0.3 is 0 Å². The van der Waals surface area contributed by atoms with Crippen LogP contribution in [0.4, 0.5) is 0 Å². The number of carbonyl (C=O) groups is 2. The second-order valence-corrected chi connectivity index (χ2v) is 3.32. The Labute approximate surface area is 89.2 Å². The molecular weight excluding hydrogens is 206 g/mol. The minimum atomic E-state index is -0.576. The van der Waals surface area contributed by atoms with Gasteiger partial charge in [-0.25, -0.2) is 0 Å². The molecule has 1 rings (SSSR count). The molecule has 6 heteroatoms. The Hall–Kier alpha value is -0.810. The van der Waals surface area contributed by atoms with Crippen LogP contribution in [0.2, 0.25) is 0 Å². The van der Waals surface area contributed by atoms with Crippen molar-refractivity contribution in [3.8, 4) is 0 Å². The highest BCUT2D eigenvalue weighted by molar-refractivity contribution is 5.87. The lowest BCUT2D eigenvalue weighted by atomic mass is 10.1. The van der Waals surface area contributed by atoms with Crippen molar-refractivity contribution in [2.75, 3.05) is 13.1 Å². The van der Waals surface area contributed by atoms with Gasteiger partial charge in [-0.05, 0) is 19.9 Å². The van der Waals surface area contributed by atoms with Gasteiger partial charge in [0.05, 0.1) is 5.92 Å². The molecule has 0 saturated carbocycles. The molecule has 0 unspecified atom stereocenters. The number of rotatable bonds is 3. The molecule has 0 aromatic rings. The summed E-state index contributed by atoms with van der Waals surface area (Å²) in [6, 6.07) is -0.576.